The van der Waals surface area contributed by atoms with Crippen molar-refractivity contribution >= 4 is 6.21 Å². The molecular formula is C19H28ClN. The molecule has 21 heavy (non-hydrogen) atoms. The van der Waals surface area contributed by atoms with Crippen molar-refractivity contribution in [2.45, 2.75) is 59.0 Å². The summed E-state index contributed by atoms with van der Waals surface area (Å²) < 4.78 is 2.59. The van der Waals surface area contributed by atoms with Crippen molar-refractivity contribution in [2.24, 2.45) is 5.92 Å². The van der Waals surface area contributed by atoms with Crippen molar-refractivity contribution in [3.8, 4) is 0 Å². The number of rotatable bonds is 6. The molecule has 2 heteroatoms. The molecule has 0 amide bonds. The van der Waals surface area contributed by atoms with Crippen LogP contribution >= 0.6 is 0 Å². The van der Waals surface area contributed by atoms with E-state index in [1.54, 1.807) is 0 Å². The number of hydrogen-bond acceptors (Lipinski definition) is 0. The Labute approximate surface area is 136 Å². The van der Waals surface area contributed by atoms with Gasteiger partial charge in [0.25, 0.3) is 0 Å². The van der Waals surface area contributed by atoms with E-state index in [1.807, 2.05) is 0 Å². The van der Waals surface area contributed by atoms with Crippen molar-refractivity contribution in [3.05, 3.63) is 47.5 Å². The van der Waals surface area contributed by atoms with Gasteiger partial charge in [0.1, 0.15) is 0 Å². The van der Waals surface area contributed by atoms with Crippen LogP contribution in [0.2, 0.25) is 0 Å². The topological polar surface area (TPSA) is 3.01 Å². The van der Waals surface area contributed by atoms with Crippen molar-refractivity contribution in [1.82, 2.24) is 0 Å². The van der Waals surface area contributed by atoms with Gasteiger partial charge in [-0.05, 0) is 19.3 Å². The molecule has 116 valence electrons. The monoisotopic (exact) mass is 305 g/mol. The summed E-state index contributed by atoms with van der Waals surface area (Å²) >= 11 is 0. The SMILES string of the molecule is CCC[C@@H]1[C@@H](CC)C=C(CC)C=[N+]1Cc1ccccc1.[Cl-]. The van der Waals surface area contributed by atoms with Crippen LogP contribution < -0.4 is 12.4 Å². The van der Waals surface area contributed by atoms with Gasteiger partial charge in [0, 0.05) is 23.5 Å². The lowest BCUT2D eigenvalue weighted by atomic mass is 9.87. The maximum atomic E-state index is 2.59. The Balaban J connectivity index is 0.00000220. The zero-order valence-electron chi connectivity index (χ0n) is 13.6. The number of hydrogen-bond donors (Lipinski definition) is 0. The van der Waals surface area contributed by atoms with Gasteiger partial charge in [-0.25, -0.2) is 4.58 Å². The molecule has 1 heterocycles. The molecule has 0 N–H and O–H groups in total. The van der Waals surface area contributed by atoms with Crippen LogP contribution in [0, 0.1) is 5.92 Å². The lowest BCUT2D eigenvalue weighted by Gasteiger charge is -2.26. The summed E-state index contributed by atoms with van der Waals surface area (Å²) in [5, 5.41) is 0. The van der Waals surface area contributed by atoms with Gasteiger partial charge in [-0.15, -0.1) is 0 Å². The maximum absolute atomic E-state index is 2.59. The maximum Gasteiger partial charge on any atom is 0.168 e. The fourth-order valence-electron chi connectivity index (χ4n) is 3.22. The Hall–Kier alpha value is -1.08. The molecule has 0 aromatic heterocycles. The van der Waals surface area contributed by atoms with Gasteiger partial charge in [0.05, 0.1) is 0 Å². The van der Waals surface area contributed by atoms with Gasteiger partial charge in [-0.3, -0.25) is 0 Å². The highest BCUT2D eigenvalue weighted by atomic mass is 35.5. The summed E-state index contributed by atoms with van der Waals surface area (Å²) in [7, 11) is 0. The van der Waals surface area contributed by atoms with Crippen LogP contribution in [0.1, 0.15) is 52.0 Å². The predicted molar refractivity (Wildman–Crippen MR) is 87.3 cm³/mol. The minimum Gasteiger partial charge on any atom is -1.00 e. The highest BCUT2D eigenvalue weighted by Crippen LogP contribution is 2.25. The molecule has 0 spiro atoms. The third-order valence-electron chi connectivity index (χ3n) is 4.35. The third-order valence-corrected chi connectivity index (χ3v) is 4.35. The average molecular weight is 306 g/mol. The van der Waals surface area contributed by atoms with Gasteiger partial charge in [0.2, 0.25) is 0 Å². The zero-order chi connectivity index (χ0) is 14.4. The van der Waals surface area contributed by atoms with Crippen LogP contribution in [-0.4, -0.2) is 16.8 Å². The summed E-state index contributed by atoms with van der Waals surface area (Å²) in [6.45, 7) is 7.92. The summed E-state index contributed by atoms with van der Waals surface area (Å²) in [5.74, 6) is 0.707. The van der Waals surface area contributed by atoms with Gasteiger partial charge in [0.15, 0.2) is 18.8 Å². The van der Waals surface area contributed by atoms with Crippen molar-refractivity contribution in [1.29, 1.82) is 0 Å². The fourth-order valence-corrected chi connectivity index (χ4v) is 3.22. The van der Waals surface area contributed by atoms with Gasteiger partial charge >= 0.3 is 0 Å². The Morgan fingerprint density at radius 3 is 2.33 bits per heavy atom. The van der Waals surface area contributed by atoms with E-state index < -0.39 is 0 Å². The first kappa shape index (κ1) is 18.0. The predicted octanol–water partition coefficient (Wildman–Crippen LogP) is 1.82. The molecule has 1 aromatic carbocycles. The molecule has 1 aliphatic rings. The normalized spacial score (nSPS) is 21.3. The van der Waals surface area contributed by atoms with Gasteiger partial charge < -0.3 is 12.4 Å². The smallest absolute Gasteiger partial charge is 0.168 e. The largest absolute Gasteiger partial charge is 1.00 e. The van der Waals surface area contributed by atoms with Crippen LogP contribution in [0.25, 0.3) is 0 Å². The van der Waals surface area contributed by atoms with Gasteiger partial charge in [-0.1, -0.05) is 57.2 Å². The fraction of sp³-hybridized carbons (Fsp3) is 0.526. The van der Waals surface area contributed by atoms with Crippen LogP contribution in [0.4, 0.5) is 0 Å². The number of nitrogens with zero attached hydrogens (tertiary/aromatic N) is 1. The molecule has 2 rings (SSSR count). The molecule has 1 aromatic rings. The quantitative estimate of drug-likeness (QED) is 0.705. The summed E-state index contributed by atoms with van der Waals surface area (Å²) in [4.78, 5) is 0. The summed E-state index contributed by atoms with van der Waals surface area (Å²) in [6.07, 6.45) is 9.85. The molecule has 2 atom stereocenters. The molecule has 0 aliphatic carbocycles. The minimum absolute atomic E-state index is 0. The van der Waals surface area contributed by atoms with E-state index in [1.165, 1.54) is 30.4 Å². The molecular weight excluding hydrogens is 278 g/mol. The molecule has 0 fully saturated rings. The molecule has 1 nitrogen and oxygen atoms in total. The highest BCUT2D eigenvalue weighted by Gasteiger charge is 2.31. The first-order valence-corrected chi connectivity index (χ1v) is 8.13. The molecule has 1 aliphatic heterocycles. The Morgan fingerprint density at radius 1 is 1.05 bits per heavy atom. The lowest BCUT2D eigenvalue weighted by molar-refractivity contribution is -0.586. The second-order valence-corrected chi connectivity index (χ2v) is 5.81. The molecule has 0 saturated heterocycles. The highest BCUT2D eigenvalue weighted by molar-refractivity contribution is 5.75. The Morgan fingerprint density at radius 2 is 1.76 bits per heavy atom. The number of allylic oxidation sites excluding steroid dienone is 1. The number of halogens is 1. The average Bonchev–Trinajstić information content (AvgIpc) is 2.50. The zero-order valence-corrected chi connectivity index (χ0v) is 14.3. The molecule has 0 unspecified atom stereocenters. The Bertz CT molecular complexity index is 476. The summed E-state index contributed by atoms with van der Waals surface area (Å²) in [5.41, 5.74) is 2.91. The lowest BCUT2D eigenvalue weighted by Crippen LogP contribution is -3.00. The first-order chi connectivity index (χ1) is 9.78. The second kappa shape index (κ2) is 9.04. The van der Waals surface area contributed by atoms with Crippen LogP contribution in [-0.2, 0) is 6.54 Å². The summed E-state index contributed by atoms with van der Waals surface area (Å²) in [6, 6.07) is 11.5. The van der Waals surface area contributed by atoms with E-state index in [0.717, 1.165) is 13.0 Å². The molecule has 0 saturated carbocycles. The standard InChI is InChI=1S/C19H28N.ClH/c1-4-10-19-18(6-3)13-16(5-2)14-20(19)15-17-11-8-7-9-12-17;/h7-9,11-14,18-19H,4-6,10,15H2,1-3H3;1H/q+1;/p-1/t18-,19+;/m0./s1. The minimum atomic E-state index is 0. The van der Waals surface area contributed by atoms with Crippen LogP contribution in [0.15, 0.2) is 42.0 Å². The van der Waals surface area contributed by atoms with Crippen LogP contribution in [0.3, 0.4) is 0 Å². The van der Waals surface area contributed by atoms with E-state index in [9.17, 15) is 0 Å². The van der Waals surface area contributed by atoms with E-state index in [0.29, 0.717) is 12.0 Å². The van der Waals surface area contributed by atoms with Crippen molar-refractivity contribution in [3.63, 3.8) is 0 Å². The van der Waals surface area contributed by atoms with Crippen LogP contribution in [0.5, 0.6) is 0 Å². The van der Waals surface area contributed by atoms with Crippen molar-refractivity contribution in [2.75, 3.05) is 0 Å². The molecule has 0 bridgehead atoms. The number of benzene rings is 1. The second-order valence-electron chi connectivity index (χ2n) is 5.81. The molecule has 0 radical (unpaired) electrons. The van der Waals surface area contributed by atoms with E-state index in [2.05, 4.69) is 68.0 Å². The van der Waals surface area contributed by atoms with E-state index in [-0.39, 0.29) is 12.4 Å². The van der Waals surface area contributed by atoms with Gasteiger partial charge in [-0.2, -0.15) is 0 Å². The Kier molecular flexibility index (Phi) is 7.74. The first-order valence-electron chi connectivity index (χ1n) is 8.13. The van der Waals surface area contributed by atoms with E-state index in [4.69, 9.17) is 0 Å². The third kappa shape index (κ3) is 4.71. The van der Waals surface area contributed by atoms with Crippen molar-refractivity contribution < 1.29 is 17.0 Å². The van der Waals surface area contributed by atoms with E-state index >= 15 is 0 Å².